The Kier molecular flexibility index (Phi) is 5.54. The van der Waals surface area contributed by atoms with Crippen molar-refractivity contribution < 1.29 is 19.4 Å². The number of methoxy groups -OCH3 is 1. The number of carbonyl (C=O) groups excluding carboxylic acids is 2. The first-order valence-corrected chi connectivity index (χ1v) is 9.88. The fourth-order valence-corrected chi connectivity index (χ4v) is 3.81. The number of likely N-dealkylation sites (tertiary alicyclic amines) is 1. The second kappa shape index (κ2) is 8.44. The first-order valence-electron chi connectivity index (χ1n) is 9.88. The summed E-state index contributed by atoms with van der Waals surface area (Å²) in [6.45, 7) is 2.11. The summed E-state index contributed by atoms with van der Waals surface area (Å²) in [4.78, 5) is 31.7. The van der Waals surface area contributed by atoms with Crippen LogP contribution in [0.5, 0.6) is 5.75 Å². The molecule has 0 saturated carbocycles. The van der Waals surface area contributed by atoms with Crippen LogP contribution in [0.25, 0.3) is 5.76 Å². The third kappa shape index (κ3) is 3.80. The average Bonchev–Trinajstić information content (AvgIpc) is 3.04. The number of rotatable bonds is 5. The lowest BCUT2D eigenvalue weighted by atomic mass is 9.94. The Labute approximate surface area is 180 Å². The molecule has 2 heterocycles. The lowest BCUT2D eigenvalue weighted by Crippen LogP contribution is -2.29. The number of para-hydroxylation sites is 1. The first-order chi connectivity index (χ1) is 15.0. The van der Waals surface area contributed by atoms with Gasteiger partial charge in [0, 0.05) is 30.1 Å². The van der Waals surface area contributed by atoms with Gasteiger partial charge >= 0.3 is 0 Å². The molecule has 6 heteroatoms. The molecule has 6 nitrogen and oxygen atoms in total. The smallest absolute Gasteiger partial charge is 0.295 e. The van der Waals surface area contributed by atoms with E-state index in [0.717, 1.165) is 11.1 Å². The number of Topliss-reactive ketones (excluding diaryl/α,β-unsaturated/α-hetero) is 1. The molecular weight excluding hydrogens is 392 g/mol. The van der Waals surface area contributed by atoms with E-state index in [4.69, 9.17) is 4.74 Å². The van der Waals surface area contributed by atoms with Gasteiger partial charge < -0.3 is 14.7 Å². The lowest BCUT2D eigenvalue weighted by molar-refractivity contribution is -0.140. The molecule has 1 aliphatic rings. The number of hydrogen-bond acceptors (Lipinski definition) is 5. The number of hydrogen-bond donors (Lipinski definition) is 1. The van der Waals surface area contributed by atoms with E-state index in [9.17, 15) is 14.7 Å². The molecule has 0 spiro atoms. The molecule has 4 rings (SSSR count). The number of aromatic nitrogens is 1. The van der Waals surface area contributed by atoms with Gasteiger partial charge in [0.2, 0.25) is 0 Å². The molecule has 1 amide bonds. The van der Waals surface area contributed by atoms with E-state index in [2.05, 4.69) is 4.98 Å². The molecule has 0 bridgehead atoms. The van der Waals surface area contributed by atoms with Crippen molar-refractivity contribution in [2.75, 3.05) is 7.11 Å². The summed E-state index contributed by atoms with van der Waals surface area (Å²) in [6.07, 6.45) is 3.30. The Hall–Kier alpha value is -3.93. The second-order valence-corrected chi connectivity index (χ2v) is 7.40. The molecule has 156 valence electrons. The number of aryl methyl sites for hydroxylation is 1. The Morgan fingerprint density at radius 1 is 1.06 bits per heavy atom. The summed E-state index contributed by atoms with van der Waals surface area (Å²) >= 11 is 0. The topological polar surface area (TPSA) is 79.7 Å². The number of amides is 1. The van der Waals surface area contributed by atoms with E-state index in [1.165, 1.54) is 12.0 Å². The van der Waals surface area contributed by atoms with Crippen molar-refractivity contribution in [1.82, 2.24) is 9.88 Å². The highest BCUT2D eigenvalue weighted by atomic mass is 16.5. The normalized spacial score (nSPS) is 17.7. The van der Waals surface area contributed by atoms with Crippen LogP contribution in [-0.4, -0.2) is 33.8 Å². The Morgan fingerprint density at radius 2 is 1.81 bits per heavy atom. The van der Waals surface area contributed by atoms with Crippen LogP contribution >= 0.6 is 0 Å². The van der Waals surface area contributed by atoms with Crippen molar-refractivity contribution in [3.05, 3.63) is 101 Å². The molecule has 0 radical (unpaired) electrons. The number of ether oxygens (including phenoxy) is 1. The number of ketones is 1. The van der Waals surface area contributed by atoms with Crippen molar-refractivity contribution in [3.8, 4) is 5.75 Å². The van der Waals surface area contributed by atoms with E-state index in [0.29, 0.717) is 16.9 Å². The van der Waals surface area contributed by atoms with Crippen LogP contribution in [0.15, 0.2) is 78.6 Å². The van der Waals surface area contributed by atoms with E-state index in [1.807, 2.05) is 37.3 Å². The van der Waals surface area contributed by atoms with Crippen LogP contribution < -0.4 is 4.74 Å². The maximum atomic E-state index is 13.1. The van der Waals surface area contributed by atoms with Crippen LogP contribution in [0, 0.1) is 6.92 Å². The number of aliphatic hydroxyl groups excluding tert-OH is 1. The average molecular weight is 414 g/mol. The molecule has 31 heavy (non-hydrogen) atoms. The van der Waals surface area contributed by atoms with Crippen molar-refractivity contribution in [2.24, 2.45) is 0 Å². The van der Waals surface area contributed by atoms with Crippen LogP contribution in [0.1, 0.15) is 28.3 Å². The van der Waals surface area contributed by atoms with Gasteiger partial charge in [0.1, 0.15) is 11.5 Å². The Bertz CT molecular complexity index is 1150. The van der Waals surface area contributed by atoms with Crippen LogP contribution in [0.4, 0.5) is 0 Å². The van der Waals surface area contributed by atoms with Gasteiger partial charge in [-0.3, -0.25) is 14.6 Å². The van der Waals surface area contributed by atoms with Gasteiger partial charge in [-0.2, -0.15) is 0 Å². The fraction of sp³-hybridized carbons (Fsp3) is 0.160. The fourth-order valence-electron chi connectivity index (χ4n) is 3.81. The molecule has 1 atom stereocenters. The number of nitrogens with zero attached hydrogens (tertiary/aromatic N) is 2. The summed E-state index contributed by atoms with van der Waals surface area (Å²) in [5, 5.41) is 11.1. The first kappa shape index (κ1) is 20.3. The van der Waals surface area contributed by atoms with Gasteiger partial charge in [-0.05, 0) is 24.6 Å². The molecule has 2 aromatic carbocycles. The highest BCUT2D eigenvalue weighted by molar-refractivity contribution is 6.46. The molecule has 1 fully saturated rings. The molecule has 0 unspecified atom stereocenters. The Morgan fingerprint density at radius 3 is 2.48 bits per heavy atom. The van der Waals surface area contributed by atoms with Crippen molar-refractivity contribution in [2.45, 2.75) is 19.5 Å². The van der Waals surface area contributed by atoms with E-state index in [-0.39, 0.29) is 17.9 Å². The third-order valence-corrected chi connectivity index (χ3v) is 5.37. The molecule has 1 aromatic heterocycles. The van der Waals surface area contributed by atoms with Gasteiger partial charge in [0.05, 0.1) is 18.7 Å². The number of aliphatic hydroxyl groups is 1. The maximum Gasteiger partial charge on any atom is 0.295 e. The van der Waals surface area contributed by atoms with Gasteiger partial charge in [-0.15, -0.1) is 0 Å². The summed E-state index contributed by atoms with van der Waals surface area (Å²) in [5.74, 6) is -1.07. The predicted octanol–water partition coefficient (Wildman–Crippen LogP) is 4.02. The van der Waals surface area contributed by atoms with E-state index >= 15 is 0 Å². The highest BCUT2D eigenvalue weighted by Crippen LogP contribution is 2.43. The number of carbonyl (C=O) groups is 2. The quantitative estimate of drug-likeness (QED) is 0.388. The minimum Gasteiger partial charge on any atom is -0.507 e. The van der Waals surface area contributed by atoms with Gasteiger partial charge in [-0.25, -0.2) is 0 Å². The van der Waals surface area contributed by atoms with Crippen LogP contribution in [0.3, 0.4) is 0 Å². The monoisotopic (exact) mass is 414 g/mol. The molecule has 1 N–H and O–H groups in total. The summed E-state index contributed by atoms with van der Waals surface area (Å²) < 4.78 is 5.51. The van der Waals surface area contributed by atoms with E-state index in [1.54, 1.807) is 42.7 Å². The van der Waals surface area contributed by atoms with Gasteiger partial charge in [0.15, 0.2) is 0 Å². The van der Waals surface area contributed by atoms with Crippen molar-refractivity contribution in [3.63, 3.8) is 0 Å². The van der Waals surface area contributed by atoms with Gasteiger partial charge in [0.25, 0.3) is 11.7 Å². The molecule has 3 aromatic rings. The molecule has 1 saturated heterocycles. The maximum absolute atomic E-state index is 13.1. The zero-order chi connectivity index (χ0) is 22.0. The minimum absolute atomic E-state index is 0.0437. The zero-order valence-corrected chi connectivity index (χ0v) is 17.3. The zero-order valence-electron chi connectivity index (χ0n) is 17.3. The van der Waals surface area contributed by atoms with Gasteiger partial charge in [-0.1, -0.05) is 54.1 Å². The molecule has 1 aliphatic heterocycles. The molecular formula is C25H22N2O4. The molecule has 0 aliphatic carbocycles. The predicted molar refractivity (Wildman–Crippen MR) is 116 cm³/mol. The summed E-state index contributed by atoms with van der Waals surface area (Å²) in [6, 6.07) is 17.2. The lowest BCUT2D eigenvalue weighted by Gasteiger charge is -2.26. The van der Waals surface area contributed by atoms with Crippen LogP contribution in [0.2, 0.25) is 0 Å². The standard InChI is InChI=1S/C25H22N2O4/c1-16-9-11-18(12-10-16)23(28)21-22(19-7-3-4-8-20(19)31-2)27(25(30)24(21)29)15-17-6-5-13-26-14-17/h3-14,22,28H,15H2,1-2H3/t22-/m1/s1. The number of benzene rings is 2. The van der Waals surface area contributed by atoms with Crippen LogP contribution in [-0.2, 0) is 16.1 Å². The summed E-state index contributed by atoms with van der Waals surface area (Å²) in [7, 11) is 1.53. The third-order valence-electron chi connectivity index (χ3n) is 5.37. The van der Waals surface area contributed by atoms with Crippen molar-refractivity contribution >= 4 is 17.4 Å². The highest BCUT2D eigenvalue weighted by Gasteiger charge is 2.47. The van der Waals surface area contributed by atoms with Crippen molar-refractivity contribution in [1.29, 1.82) is 0 Å². The Balaban J connectivity index is 1.90. The largest absolute Gasteiger partial charge is 0.507 e. The minimum atomic E-state index is -0.794. The SMILES string of the molecule is COc1ccccc1[C@@H]1C(=C(O)c2ccc(C)cc2)C(=O)C(=O)N1Cc1cccnc1. The second-order valence-electron chi connectivity index (χ2n) is 7.40. The number of pyridine rings is 1. The summed E-state index contributed by atoms with van der Waals surface area (Å²) in [5.41, 5.74) is 2.95. The van der Waals surface area contributed by atoms with E-state index < -0.39 is 17.7 Å².